The Morgan fingerprint density at radius 2 is 1.58 bits per heavy atom. The number of fused-ring (bicyclic) bond motifs is 2. The average Bonchev–Trinajstić information content (AvgIpc) is 3.30. The highest BCUT2D eigenvalue weighted by Gasteiger charge is 2.42. The Kier molecular flexibility index (Phi) is 13.5. The lowest BCUT2D eigenvalue weighted by molar-refractivity contribution is -0.142. The molecule has 0 radical (unpaired) electrons. The average molecular weight is 947 g/mol. The minimum Gasteiger partial charge on any atom is -0.489 e. The van der Waals surface area contributed by atoms with Gasteiger partial charge in [-0.3, -0.25) is 4.79 Å². The largest absolute Gasteiger partial charge is 0.489 e. The summed E-state index contributed by atoms with van der Waals surface area (Å²) in [5, 5.41) is 26.3. The van der Waals surface area contributed by atoms with Gasteiger partial charge in [-0.05, 0) is 127 Å². The number of amides is 1. The first-order chi connectivity index (χ1) is 31.6. The summed E-state index contributed by atoms with van der Waals surface area (Å²) in [5.41, 5.74) is 6.09. The smallest absolute Gasteiger partial charge is 0.326 e. The van der Waals surface area contributed by atoms with Gasteiger partial charge in [0.05, 0.1) is 27.4 Å². The van der Waals surface area contributed by atoms with E-state index in [9.17, 15) is 23.1 Å². The molecule has 0 fully saturated rings. The number of halogens is 2. The van der Waals surface area contributed by atoms with Crippen LogP contribution in [0.5, 0.6) is 17.2 Å². The van der Waals surface area contributed by atoms with Crippen molar-refractivity contribution in [3.05, 3.63) is 164 Å². The number of aryl methyl sites for hydroxylation is 1. The lowest BCUT2D eigenvalue weighted by atomic mass is 9.93. The minimum atomic E-state index is -4.41. The van der Waals surface area contributed by atoms with Gasteiger partial charge >= 0.3 is 5.97 Å². The van der Waals surface area contributed by atoms with E-state index >= 15 is 0 Å². The molecule has 1 aromatic heterocycles. The number of pyridine rings is 1. The lowest BCUT2D eigenvalue weighted by Crippen LogP contribution is -2.55. The van der Waals surface area contributed by atoms with Crippen LogP contribution >= 0.6 is 23.2 Å². The molecule has 5 aromatic carbocycles. The third-order valence-electron chi connectivity index (χ3n) is 11.4. The molecule has 338 valence electrons. The lowest BCUT2D eigenvalue weighted by Gasteiger charge is -2.37. The summed E-state index contributed by atoms with van der Waals surface area (Å²) in [7, 11) is -4.41. The molecule has 0 spiro atoms. The number of carbonyl (C=O) groups excluding carboxylic acids is 1. The van der Waals surface area contributed by atoms with Gasteiger partial charge in [-0.2, -0.15) is 9.57 Å². The standard InChI is InChI=1S/C50H45Cl2N5O8S/c1-29(2)54-48-19-18-47(30(3)55-48)66(61,62)57-26-38-24-45-44(64-28-46(65-45)36-13-15-39(16-14-36)63-27-33-8-17-40(51)41(52)20-33)23-37(38)22-43(57)49(58)56-42(50(59)60)21-31-4-9-34(10-5-31)35-11-6-32(25-53)7-12-35/h4-20,23-24,29,42-43,46H,21-22,26-28H2,1-3H3,(H,54,55)(H,56,58)(H,59,60). The Hall–Kier alpha value is -6.63. The second-order valence-corrected chi connectivity index (χ2v) is 19.1. The Balaban J connectivity index is 1.03. The van der Waals surface area contributed by atoms with E-state index < -0.39 is 40.1 Å². The third-order valence-corrected chi connectivity index (χ3v) is 14.1. The zero-order valence-electron chi connectivity index (χ0n) is 36.1. The molecular weight excluding hydrogens is 902 g/mol. The first-order valence-electron chi connectivity index (χ1n) is 21.2. The minimum absolute atomic E-state index is 0.0463. The summed E-state index contributed by atoms with van der Waals surface area (Å²) < 4.78 is 49.2. The maximum atomic E-state index is 14.7. The molecule has 2 aliphatic heterocycles. The number of aliphatic carboxylic acids is 1. The zero-order valence-corrected chi connectivity index (χ0v) is 38.5. The molecule has 0 bridgehead atoms. The number of nitriles is 1. The number of sulfonamides is 1. The quantitative estimate of drug-likeness (QED) is 0.0948. The van der Waals surface area contributed by atoms with Gasteiger partial charge < -0.3 is 30.0 Å². The normalized spacial score (nSPS) is 16.1. The van der Waals surface area contributed by atoms with Crippen molar-refractivity contribution in [3.63, 3.8) is 0 Å². The molecule has 3 heterocycles. The highest BCUT2D eigenvalue weighted by molar-refractivity contribution is 7.89. The van der Waals surface area contributed by atoms with Crippen LogP contribution in [-0.4, -0.2) is 59.4 Å². The summed E-state index contributed by atoms with van der Waals surface area (Å²) in [6.07, 6.45) is -0.629. The molecule has 0 aliphatic carbocycles. The van der Waals surface area contributed by atoms with Gasteiger partial charge in [-0.25, -0.2) is 18.2 Å². The fraction of sp³-hybridized carbons (Fsp3) is 0.240. The molecule has 1 amide bonds. The molecule has 66 heavy (non-hydrogen) atoms. The van der Waals surface area contributed by atoms with Crippen molar-refractivity contribution >= 4 is 50.9 Å². The van der Waals surface area contributed by atoms with E-state index in [0.29, 0.717) is 62.0 Å². The van der Waals surface area contributed by atoms with Crippen LogP contribution in [0.4, 0.5) is 5.82 Å². The van der Waals surface area contributed by atoms with Crippen molar-refractivity contribution in [3.8, 4) is 34.4 Å². The molecule has 3 atom stereocenters. The number of hydrogen-bond donors (Lipinski definition) is 3. The zero-order chi connectivity index (χ0) is 46.7. The van der Waals surface area contributed by atoms with Crippen LogP contribution in [0.15, 0.2) is 120 Å². The van der Waals surface area contributed by atoms with Crippen LogP contribution in [0.25, 0.3) is 11.1 Å². The number of ether oxygens (including phenoxy) is 3. The molecule has 8 rings (SSSR count). The van der Waals surface area contributed by atoms with Crippen molar-refractivity contribution < 1.29 is 37.3 Å². The van der Waals surface area contributed by atoms with Gasteiger partial charge in [0.15, 0.2) is 17.6 Å². The van der Waals surface area contributed by atoms with E-state index in [1.165, 1.54) is 6.07 Å². The Bertz CT molecular complexity index is 2940. The first-order valence-corrected chi connectivity index (χ1v) is 23.4. The Morgan fingerprint density at radius 3 is 2.23 bits per heavy atom. The van der Waals surface area contributed by atoms with E-state index in [2.05, 4.69) is 21.7 Å². The fourth-order valence-electron chi connectivity index (χ4n) is 7.94. The Labute approximate surface area is 392 Å². The highest BCUT2D eigenvalue weighted by atomic mass is 35.5. The van der Waals surface area contributed by atoms with Gasteiger partial charge in [0.2, 0.25) is 15.9 Å². The van der Waals surface area contributed by atoms with Crippen molar-refractivity contribution in [2.75, 3.05) is 11.9 Å². The van der Waals surface area contributed by atoms with Gasteiger partial charge in [0, 0.05) is 19.0 Å². The van der Waals surface area contributed by atoms with E-state index in [1.807, 2.05) is 68.4 Å². The van der Waals surface area contributed by atoms with Crippen molar-refractivity contribution in [2.24, 2.45) is 0 Å². The SMILES string of the molecule is Cc1nc(NC(C)C)ccc1S(=O)(=O)N1Cc2cc3c(cc2CC1C(=O)NC(Cc1ccc(-c2ccc(C#N)cc2)cc1)C(=O)O)OCC(c1ccc(OCc2ccc(Cl)c(Cl)c2)cc1)O3. The highest BCUT2D eigenvalue weighted by Crippen LogP contribution is 2.42. The second kappa shape index (κ2) is 19.5. The Morgan fingerprint density at radius 1 is 0.894 bits per heavy atom. The van der Waals surface area contributed by atoms with Crippen LogP contribution < -0.4 is 24.8 Å². The van der Waals surface area contributed by atoms with Gasteiger partial charge in [-0.1, -0.05) is 77.8 Å². The van der Waals surface area contributed by atoms with E-state index in [4.69, 9.17) is 42.7 Å². The van der Waals surface area contributed by atoms with Crippen molar-refractivity contribution in [1.82, 2.24) is 14.6 Å². The number of hydrogen-bond acceptors (Lipinski definition) is 10. The number of carboxylic acid groups (broad SMARTS) is 1. The number of carbonyl (C=O) groups is 2. The number of anilines is 1. The van der Waals surface area contributed by atoms with Crippen LogP contribution in [0, 0.1) is 18.3 Å². The van der Waals surface area contributed by atoms with Gasteiger partial charge in [0.1, 0.15) is 41.8 Å². The maximum absolute atomic E-state index is 14.7. The van der Waals surface area contributed by atoms with Crippen LogP contribution in [0.2, 0.25) is 10.0 Å². The molecule has 13 nitrogen and oxygen atoms in total. The predicted molar refractivity (Wildman–Crippen MR) is 250 cm³/mol. The molecule has 2 aliphatic rings. The number of aromatic nitrogens is 1. The fourth-order valence-corrected chi connectivity index (χ4v) is 9.99. The van der Waals surface area contributed by atoms with Crippen LogP contribution in [-0.2, 0) is 45.6 Å². The molecule has 6 aromatic rings. The van der Waals surface area contributed by atoms with Crippen molar-refractivity contribution in [2.45, 2.75) is 75.9 Å². The van der Waals surface area contributed by atoms with E-state index in [0.717, 1.165) is 26.6 Å². The number of benzene rings is 5. The predicted octanol–water partition coefficient (Wildman–Crippen LogP) is 9.08. The molecule has 16 heteroatoms. The maximum Gasteiger partial charge on any atom is 0.326 e. The molecule has 3 N–H and O–H groups in total. The summed E-state index contributed by atoms with van der Waals surface area (Å²) >= 11 is 12.2. The second-order valence-electron chi connectivity index (χ2n) is 16.4. The number of nitrogens with one attached hydrogen (secondary N) is 2. The number of nitrogens with zero attached hydrogens (tertiary/aromatic N) is 3. The molecule has 0 saturated carbocycles. The first kappa shape index (κ1) is 45.9. The van der Waals surface area contributed by atoms with Gasteiger partial charge in [-0.15, -0.1) is 0 Å². The summed E-state index contributed by atoms with van der Waals surface area (Å²) in [5.74, 6) is -0.0761. The summed E-state index contributed by atoms with van der Waals surface area (Å²) in [6.45, 7) is 5.73. The summed E-state index contributed by atoms with van der Waals surface area (Å²) in [4.78, 5) is 31.5. The van der Waals surface area contributed by atoms with Crippen LogP contribution in [0.1, 0.15) is 59.0 Å². The monoisotopic (exact) mass is 945 g/mol. The third kappa shape index (κ3) is 10.2. The topological polar surface area (TPSA) is 180 Å². The molecule has 3 unspecified atom stereocenters. The van der Waals surface area contributed by atoms with Crippen molar-refractivity contribution in [1.29, 1.82) is 5.26 Å². The van der Waals surface area contributed by atoms with Gasteiger partial charge in [0.25, 0.3) is 0 Å². The molecule has 0 saturated heterocycles. The molecular formula is C50H45Cl2N5O8S. The van der Waals surface area contributed by atoms with Crippen LogP contribution in [0.3, 0.4) is 0 Å². The number of carboxylic acids is 1. The number of rotatable bonds is 14. The summed E-state index contributed by atoms with van der Waals surface area (Å²) in [6, 6.07) is 33.0. The van der Waals surface area contributed by atoms with E-state index in [-0.39, 0.29) is 42.6 Å². The van der Waals surface area contributed by atoms with E-state index in [1.54, 1.807) is 61.5 Å².